The number of phenolic OH excluding ortho intramolecular Hbond substituents is 1. The molecule has 0 aliphatic rings. The van der Waals surface area contributed by atoms with Crippen LogP contribution in [0.4, 0.5) is 0 Å². The van der Waals surface area contributed by atoms with E-state index in [0.29, 0.717) is 12.3 Å². The predicted molar refractivity (Wildman–Crippen MR) is 74.8 cm³/mol. The van der Waals surface area contributed by atoms with E-state index in [1.807, 2.05) is 37.3 Å². The maximum Gasteiger partial charge on any atom is 0.119 e. The van der Waals surface area contributed by atoms with Crippen LogP contribution in [0.2, 0.25) is 0 Å². The predicted octanol–water partition coefficient (Wildman–Crippen LogP) is 3.18. The molecule has 0 heterocycles. The SMILES string of the molecule is Cc1ccc(O)c([C@H](CCN)c2ccccc2)c1. The van der Waals surface area contributed by atoms with Gasteiger partial charge in [0.15, 0.2) is 0 Å². The largest absolute Gasteiger partial charge is 0.508 e. The quantitative estimate of drug-likeness (QED) is 0.863. The first-order valence-electron chi connectivity index (χ1n) is 6.27. The van der Waals surface area contributed by atoms with Crippen LogP contribution in [0.15, 0.2) is 48.5 Å². The average Bonchev–Trinajstić information content (AvgIpc) is 2.40. The molecule has 0 bridgehead atoms. The zero-order valence-electron chi connectivity index (χ0n) is 10.6. The summed E-state index contributed by atoms with van der Waals surface area (Å²) in [6, 6.07) is 15.9. The number of benzene rings is 2. The van der Waals surface area contributed by atoms with Crippen LogP contribution in [0.3, 0.4) is 0 Å². The standard InChI is InChI=1S/C16H19NO/c1-12-7-8-16(18)15(11-12)14(9-10-17)13-5-3-2-4-6-13/h2-8,11,14,18H,9-10,17H2,1H3/t14-/m1/s1. The maximum atomic E-state index is 10.1. The van der Waals surface area contributed by atoms with Crippen LogP contribution < -0.4 is 5.73 Å². The normalized spacial score (nSPS) is 12.3. The lowest BCUT2D eigenvalue weighted by Crippen LogP contribution is -2.09. The van der Waals surface area contributed by atoms with Gasteiger partial charge < -0.3 is 10.8 Å². The van der Waals surface area contributed by atoms with Gasteiger partial charge in [-0.2, -0.15) is 0 Å². The van der Waals surface area contributed by atoms with Crippen LogP contribution in [0.1, 0.15) is 29.0 Å². The van der Waals surface area contributed by atoms with Gasteiger partial charge in [0, 0.05) is 11.5 Å². The Bertz CT molecular complexity index is 508. The van der Waals surface area contributed by atoms with E-state index in [-0.39, 0.29) is 5.92 Å². The van der Waals surface area contributed by atoms with Crippen molar-refractivity contribution in [2.75, 3.05) is 6.54 Å². The molecule has 2 aromatic rings. The van der Waals surface area contributed by atoms with E-state index < -0.39 is 0 Å². The maximum absolute atomic E-state index is 10.1. The van der Waals surface area contributed by atoms with Crippen molar-refractivity contribution in [1.82, 2.24) is 0 Å². The summed E-state index contributed by atoms with van der Waals surface area (Å²) in [7, 11) is 0. The molecule has 0 aromatic heterocycles. The minimum Gasteiger partial charge on any atom is -0.508 e. The molecule has 0 fully saturated rings. The summed E-state index contributed by atoms with van der Waals surface area (Å²) in [6.07, 6.45) is 0.834. The molecule has 0 unspecified atom stereocenters. The van der Waals surface area contributed by atoms with Crippen LogP contribution in [-0.2, 0) is 0 Å². The minimum atomic E-state index is 0.163. The van der Waals surface area contributed by atoms with Gasteiger partial charge in [-0.3, -0.25) is 0 Å². The molecule has 0 radical (unpaired) electrons. The minimum absolute atomic E-state index is 0.163. The molecule has 1 atom stereocenters. The Morgan fingerprint density at radius 3 is 2.50 bits per heavy atom. The Kier molecular flexibility index (Phi) is 4.00. The van der Waals surface area contributed by atoms with E-state index in [1.165, 1.54) is 5.56 Å². The summed E-state index contributed by atoms with van der Waals surface area (Å²) in [4.78, 5) is 0. The molecule has 0 saturated heterocycles. The summed E-state index contributed by atoms with van der Waals surface area (Å²) in [6.45, 7) is 2.64. The Morgan fingerprint density at radius 1 is 1.11 bits per heavy atom. The third kappa shape index (κ3) is 2.71. The smallest absolute Gasteiger partial charge is 0.119 e. The molecule has 2 nitrogen and oxygen atoms in total. The van der Waals surface area contributed by atoms with Gasteiger partial charge in [-0.15, -0.1) is 0 Å². The summed E-state index contributed by atoms with van der Waals surface area (Å²) in [5.74, 6) is 0.513. The molecule has 0 amide bonds. The van der Waals surface area contributed by atoms with Gasteiger partial charge in [0.25, 0.3) is 0 Å². The monoisotopic (exact) mass is 241 g/mol. The number of hydrogen-bond donors (Lipinski definition) is 2. The van der Waals surface area contributed by atoms with Crippen molar-refractivity contribution in [2.45, 2.75) is 19.3 Å². The molecular weight excluding hydrogens is 222 g/mol. The van der Waals surface area contributed by atoms with Gasteiger partial charge in [0.05, 0.1) is 0 Å². The number of hydrogen-bond acceptors (Lipinski definition) is 2. The zero-order valence-corrected chi connectivity index (χ0v) is 10.6. The van der Waals surface area contributed by atoms with Crippen molar-refractivity contribution in [2.24, 2.45) is 5.73 Å². The number of aryl methyl sites for hydroxylation is 1. The second-order valence-corrected chi connectivity index (χ2v) is 4.60. The summed E-state index contributed by atoms with van der Waals surface area (Å²) in [5, 5.41) is 10.1. The van der Waals surface area contributed by atoms with Gasteiger partial charge in [0.1, 0.15) is 5.75 Å². The van der Waals surface area contributed by atoms with E-state index in [2.05, 4.69) is 12.1 Å². The molecule has 2 aromatic carbocycles. The van der Waals surface area contributed by atoms with Gasteiger partial charge in [-0.05, 0) is 31.5 Å². The fraction of sp³-hybridized carbons (Fsp3) is 0.250. The third-order valence-corrected chi connectivity index (χ3v) is 3.22. The van der Waals surface area contributed by atoms with Crippen molar-refractivity contribution in [3.8, 4) is 5.75 Å². The molecule has 0 spiro atoms. The molecule has 0 aliphatic heterocycles. The molecule has 0 aliphatic carbocycles. The highest BCUT2D eigenvalue weighted by atomic mass is 16.3. The number of nitrogens with two attached hydrogens (primary N) is 1. The van der Waals surface area contributed by atoms with Crippen LogP contribution in [0, 0.1) is 6.92 Å². The lowest BCUT2D eigenvalue weighted by Gasteiger charge is -2.19. The average molecular weight is 241 g/mol. The zero-order chi connectivity index (χ0) is 13.0. The lowest BCUT2D eigenvalue weighted by atomic mass is 9.87. The summed E-state index contributed by atoms with van der Waals surface area (Å²) in [5.41, 5.74) is 9.03. The Hall–Kier alpha value is -1.80. The second-order valence-electron chi connectivity index (χ2n) is 4.60. The molecule has 3 N–H and O–H groups in total. The summed E-state index contributed by atoms with van der Waals surface area (Å²) < 4.78 is 0. The molecule has 2 rings (SSSR count). The van der Waals surface area contributed by atoms with E-state index in [4.69, 9.17) is 5.73 Å². The lowest BCUT2D eigenvalue weighted by molar-refractivity contribution is 0.463. The van der Waals surface area contributed by atoms with Crippen molar-refractivity contribution in [3.63, 3.8) is 0 Å². The van der Waals surface area contributed by atoms with Gasteiger partial charge >= 0.3 is 0 Å². The van der Waals surface area contributed by atoms with Crippen LogP contribution in [0.5, 0.6) is 5.75 Å². The summed E-state index contributed by atoms with van der Waals surface area (Å²) >= 11 is 0. The van der Waals surface area contributed by atoms with Crippen molar-refractivity contribution in [1.29, 1.82) is 0 Å². The van der Waals surface area contributed by atoms with Crippen LogP contribution in [0.25, 0.3) is 0 Å². The Morgan fingerprint density at radius 2 is 1.83 bits per heavy atom. The van der Waals surface area contributed by atoms with E-state index in [9.17, 15) is 5.11 Å². The number of aromatic hydroxyl groups is 1. The van der Waals surface area contributed by atoms with E-state index in [0.717, 1.165) is 17.5 Å². The van der Waals surface area contributed by atoms with Crippen LogP contribution in [-0.4, -0.2) is 11.7 Å². The van der Waals surface area contributed by atoms with Crippen molar-refractivity contribution >= 4 is 0 Å². The van der Waals surface area contributed by atoms with Gasteiger partial charge in [0.2, 0.25) is 0 Å². The highest BCUT2D eigenvalue weighted by molar-refractivity contribution is 5.43. The fourth-order valence-electron chi connectivity index (χ4n) is 2.31. The van der Waals surface area contributed by atoms with E-state index >= 15 is 0 Å². The number of phenols is 1. The van der Waals surface area contributed by atoms with Gasteiger partial charge in [-0.25, -0.2) is 0 Å². The van der Waals surface area contributed by atoms with Crippen LogP contribution >= 0.6 is 0 Å². The first-order valence-corrected chi connectivity index (χ1v) is 6.27. The highest BCUT2D eigenvalue weighted by Gasteiger charge is 2.16. The molecule has 2 heteroatoms. The van der Waals surface area contributed by atoms with Gasteiger partial charge in [-0.1, -0.05) is 48.0 Å². The first kappa shape index (κ1) is 12.7. The topological polar surface area (TPSA) is 46.2 Å². The number of rotatable bonds is 4. The molecule has 0 saturated carbocycles. The van der Waals surface area contributed by atoms with E-state index in [1.54, 1.807) is 6.07 Å². The van der Waals surface area contributed by atoms with Crippen molar-refractivity contribution in [3.05, 3.63) is 65.2 Å². The first-order chi connectivity index (χ1) is 8.72. The molecule has 94 valence electrons. The van der Waals surface area contributed by atoms with Crippen molar-refractivity contribution < 1.29 is 5.11 Å². The highest BCUT2D eigenvalue weighted by Crippen LogP contribution is 2.33. The Balaban J connectivity index is 2.44. The third-order valence-electron chi connectivity index (χ3n) is 3.22. The Labute approximate surface area is 108 Å². The second kappa shape index (κ2) is 5.69. The molecule has 18 heavy (non-hydrogen) atoms. The fourth-order valence-corrected chi connectivity index (χ4v) is 2.31. The molecular formula is C16H19NO.